The fraction of sp³-hybridized carbons (Fsp3) is 0.167. The Balaban J connectivity index is 2.92. The van der Waals surface area contributed by atoms with Gasteiger partial charge >= 0.3 is 0 Å². The van der Waals surface area contributed by atoms with Crippen LogP contribution in [0.2, 0.25) is 0 Å². The summed E-state index contributed by atoms with van der Waals surface area (Å²) < 4.78 is 1.05. The van der Waals surface area contributed by atoms with Gasteiger partial charge in [0.1, 0.15) is 0 Å². The van der Waals surface area contributed by atoms with Gasteiger partial charge in [0.2, 0.25) is 5.12 Å². The Bertz CT molecular complexity index is 262. The molecule has 0 saturated heterocycles. The van der Waals surface area contributed by atoms with Gasteiger partial charge in [0.05, 0.1) is 6.54 Å². The van der Waals surface area contributed by atoms with Crippen LogP contribution >= 0.6 is 12.6 Å². The molecule has 1 aromatic heterocycles. The molecular formula is C6H7NO3S. The summed E-state index contributed by atoms with van der Waals surface area (Å²) in [4.78, 5) is 10.4. The van der Waals surface area contributed by atoms with Crippen molar-refractivity contribution in [3.63, 3.8) is 0 Å². The zero-order chi connectivity index (χ0) is 8.43. The quantitative estimate of drug-likeness (QED) is 0.566. The Hall–Kier alpha value is -1.10. The molecule has 0 radical (unpaired) electrons. The van der Waals surface area contributed by atoms with Gasteiger partial charge < -0.3 is 10.2 Å². The molecule has 1 aromatic rings. The Kier molecular flexibility index (Phi) is 2.09. The number of nitrogens with zero attached hydrogens (tertiary/aromatic N) is 1. The zero-order valence-electron chi connectivity index (χ0n) is 5.56. The minimum absolute atomic E-state index is 0.131. The van der Waals surface area contributed by atoms with Crippen molar-refractivity contribution in [2.24, 2.45) is 0 Å². The highest BCUT2D eigenvalue weighted by atomic mass is 32.1. The molecule has 1 heterocycles. The number of thiol groups is 1. The van der Waals surface area contributed by atoms with Crippen molar-refractivity contribution >= 4 is 17.7 Å². The molecule has 0 aromatic carbocycles. The molecule has 1 rings (SSSR count). The summed E-state index contributed by atoms with van der Waals surface area (Å²) in [6.45, 7) is -0.131. The van der Waals surface area contributed by atoms with E-state index in [0.29, 0.717) is 0 Å². The first-order valence-corrected chi connectivity index (χ1v) is 3.35. The molecule has 0 aliphatic heterocycles. The Labute approximate surface area is 68.5 Å². The molecule has 0 spiro atoms. The molecule has 60 valence electrons. The summed E-state index contributed by atoms with van der Waals surface area (Å²) in [5.41, 5.74) is 0. The van der Waals surface area contributed by atoms with Gasteiger partial charge in [-0.25, -0.2) is 0 Å². The summed E-state index contributed by atoms with van der Waals surface area (Å²) in [7, 11) is 0. The minimum Gasteiger partial charge on any atom is -0.494 e. The predicted molar refractivity (Wildman–Crippen MR) is 41.8 cm³/mol. The number of carbonyl (C=O) groups excluding carboxylic acids is 1. The minimum atomic E-state index is -0.424. The van der Waals surface area contributed by atoms with Gasteiger partial charge in [0, 0.05) is 12.1 Å². The molecular weight excluding hydrogens is 166 g/mol. The highest BCUT2D eigenvalue weighted by Gasteiger charge is 2.06. The van der Waals surface area contributed by atoms with E-state index in [9.17, 15) is 4.79 Å². The maximum atomic E-state index is 10.4. The van der Waals surface area contributed by atoms with E-state index in [1.165, 1.54) is 12.1 Å². The van der Waals surface area contributed by atoms with Gasteiger partial charge in [-0.05, 0) is 0 Å². The first-order valence-electron chi connectivity index (χ1n) is 2.90. The predicted octanol–water partition coefficient (Wildman–Crippen LogP) is 0.356. The lowest BCUT2D eigenvalue weighted by Gasteiger charge is -2.01. The third kappa shape index (κ3) is 1.68. The van der Waals surface area contributed by atoms with Crippen LogP contribution in [0.1, 0.15) is 0 Å². The fourth-order valence-electron chi connectivity index (χ4n) is 0.744. The molecule has 0 aliphatic rings. The van der Waals surface area contributed by atoms with Crippen molar-refractivity contribution in [3.8, 4) is 11.8 Å². The summed E-state index contributed by atoms with van der Waals surface area (Å²) in [5, 5.41) is 17.6. The van der Waals surface area contributed by atoms with Crippen molar-refractivity contribution in [2.45, 2.75) is 6.54 Å². The van der Waals surface area contributed by atoms with Gasteiger partial charge in [-0.3, -0.25) is 9.36 Å². The highest BCUT2D eigenvalue weighted by Crippen LogP contribution is 2.20. The first-order chi connectivity index (χ1) is 5.11. The van der Waals surface area contributed by atoms with Crippen molar-refractivity contribution in [3.05, 3.63) is 12.1 Å². The van der Waals surface area contributed by atoms with E-state index in [1.54, 1.807) is 0 Å². The number of aromatic nitrogens is 1. The standard InChI is InChI=1S/C6H7NO3S/c8-4-1-2-5(9)7(4)3-6(10)11/h1-2,8-9H,3H2,(H,10,11). The second-order valence-corrected chi connectivity index (χ2v) is 2.53. The van der Waals surface area contributed by atoms with Crippen LogP contribution in [0.5, 0.6) is 11.8 Å². The summed E-state index contributed by atoms with van der Waals surface area (Å²) >= 11 is 3.50. The Morgan fingerprint density at radius 2 is 1.91 bits per heavy atom. The van der Waals surface area contributed by atoms with E-state index < -0.39 is 5.12 Å². The van der Waals surface area contributed by atoms with Crippen molar-refractivity contribution in [1.82, 2.24) is 4.57 Å². The maximum absolute atomic E-state index is 10.4. The molecule has 0 atom stereocenters. The Morgan fingerprint density at radius 3 is 2.27 bits per heavy atom. The number of hydrogen-bond donors (Lipinski definition) is 3. The molecule has 0 bridgehead atoms. The number of hydrogen-bond acceptors (Lipinski definition) is 3. The lowest BCUT2D eigenvalue weighted by atomic mass is 10.6. The lowest BCUT2D eigenvalue weighted by Crippen LogP contribution is -2.02. The monoisotopic (exact) mass is 173 g/mol. The van der Waals surface area contributed by atoms with Crippen LogP contribution in [-0.2, 0) is 11.3 Å². The second kappa shape index (κ2) is 2.87. The number of carbonyl (C=O) groups is 1. The number of rotatable bonds is 2. The van der Waals surface area contributed by atoms with Crippen LogP contribution in [0, 0.1) is 0 Å². The van der Waals surface area contributed by atoms with Crippen LogP contribution in [0.25, 0.3) is 0 Å². The van der Waals surface area contributed by atoms with Crippen molar-refractivity contribution in [2.75, 3.05) is 0 Å². The molecule has 0 fully saturated rings. The molecule has 0 unspecified atom stereocenters. The summed E-state index contributed by atoms with van der Waals surface area (Å²) in [5.74, 6) is -0.296. The summed E-state index contributed by atoms with van der Waals surface area (Å²) in [6, 6.07) is 2.60. The van der Waals surface area contributed by atoms with Gasteiger partial charge in [-0.15, -0.1) is 12.6 Å². The molecule has 0 aliphatic carbocycles. The largest absolute Gasteiger partial charge is 0.494 e. The van der Waals surface area contributed by atoms with Gasteiger partial charge in [-0.1, -0.05) is 0 Å². The molecule has 4 nitrogen and oxygen atoms in total. The molecule has 0 amide bonds. The second-order valence-electron chi connectivity index (χ2n) is 2.03. The highest BCUT2D eigenvalue weighted by molar-refractivity contribution is 7.96. The van der Waals surface area contributed by atoms with Crippen LogP contribution in [0.3, 0.4) is 0 Å². The van der Waals surface area contributed by atoms with Crippen LogP contribution in [0.15, 0.2) is 12.1 Å². The van der Waals surface area contributed by atoms with E-state index in [4.69, 9.17) is 10.2 Å². The van der Waals surface area contributed by atoms with E-state index in [0.717, 1.165) is 4.57 Å². The van der Waals surface area contributed by atoms with Crippen molar-refractivity contribution in [1.29, 1.82) is 0 Å². The van der Waals surface area contributed by atoms with Gasteiger partial charge in [0.15, 0.2) is 11.8 Å². The first kappa shape index (κ1) is 8.00. The smallest absolute Gasteiger partial charge is 0.205 e. The molecule has 0 saturated carbocycles. The van der Waals surface area contributed by atoms with Gasteiger partial charge in [-0.2, -0.15) is 0 Å². The van der Waals surface area contributed by atoms with E-state index in [2.05, 4.69) is 12.6 Å². The lowest BCUT2D eigenvalue weighted by molar-refractivity contribution is -0.111. The molecule has 2 N–H and O–H groups in total. The fourth-order valence-corrected chi connectivity index (χ4v) is 0.885. The van der Waals surface area contributed by atoms with Crippen molar-refractivity contribution < 1.29 is 15.0 Å². The average molecular weight is 173 g/mol. The van der Waals surface area contributed by atoms with Gasteiger partial charge in [0.25, 0.3) is 0 Å². The zero-order valence-corrected chi connectivity index (χ0v) is 6.45. The third-order valence-corrected chi connectivity index (χ3v) is 1.37. The topological polar surface area (TPSA) is 62.5 Å². The van der Waals surface area contributed by atoms with E-state index in [1.807, 2.05) is 0 Å². The third-order valence-electron chi connectivity index (χ3n) is 1.23. The molecule has 5 heteroatoms. The average Bonchev–Trinajstić information content (AvgIpc) is 2.18. The SMILES string of the molecule is O=C(S)Cn1c(O)ccc1O. The van der Waals surface area contributed by atoms with Crippen LogP contribution in [0.4, 0.5) is 0 Å². The van der Waals surface area contributed by atoms with E-state index in [-0.39, 0.29) is 18.3 Å². The Morgan fingerprint density at radius 1 is 1.45 bits per heavy atom. The van der Waals surface area contributed by atoms with E-state index >= 15 is 0 Å². The van der Waals surface area contributed by atoms with Crippen LogP contribution in [-0.4, -0.2) is 19.9 Å². The molecule has 11 heavy (non-hydrogen) atoms. The van der Waals surface area contributed by atoms with Crippen LogP contribution < -0.4 is 0 Å². The maximum Gasteiger partial charge on any atom is 0.205 e. The normalized spacial score (nSPS) is 9.91. The number of aromatic hydroxyl groups is 2. The summed E-state index contributed by atoms with van der Waals surface area (Å²) in [6.07, 6.45) is 0.